The van der Waals surface area contributed by atoms with Crippen LogP contribution in [-0.4, -0.2) is 15.3 Å². The molecule has 0 radical (unpaired) electrons. The molecular formula is C14H9BrN4O2. The van der Waals surface area contributed by atoms with Gasteiger partial charge >= 0.3 is 0 Å². The van der Waals surface area contributed by atoms with Crippen LogP contribution in [0.4, 0.5) is 0 Å². The summed E-state index contributed by atoms with van der Waals surface area (Å²) in [5.41, 5.74) is 1.75. The van der Waals surface area contributed by atoms with Crippen molar-refractivity contribution in [3.8, 4) is 17.5 Å². The number of nitriles is 1. The molecule has 0 saturated carbocycles. The van der Waals surface area contributed by atoms with Crippen molar-refractivity contribution in [2.45, 2.75) is 13.3 Å². The number of rotatable bonds is 3. The summed E-state index contributed by atoms with van der Waals surface area (Å²) in [6.07, 6.45) is 0.262. The average Bonchev–Trinajstić information content (AvgIpc) is 3.07. The number of halogens is 1. The van der Waals surface area contributed by atoms with Crippen LogP contribution in [0.2, 0.25) is 0 Å². The monoisotopic (exact) mass is 344 g/mol. The van der Waals surface area contributed by atoms with Crippen LogP contribution in [-0.2, 0) is 6.42 Å². The molecule has 1 aromatic carbocycles. The molecule has 6 nitrogen and oxygen atoms in total. The summed E-state index contributed by atoms with van der Waals surface area (Å²) >= 11 is 3.44. The van der Waals surface area contributed by atoms with Gasteiger partial charge in [-0.3, -0.25) is 0 Å². The van der Waals surface area contributed by atoms with Crippen molar-refractivity contribution in [1.29, 1.82) is 5.26 Å². The van der Waals surface area contributed by atoms with Crippen molar-refractivity contribution in [2.24, 2.45) is 0 Å². The number of nitrogens with zero attached hydrogens (tertiary/aromatic N) is 4. The van der Waals surface area contributed by atoms with Gasteiger partial charge in [-0.25, -0.2) is 0 Å². The first-order chi connectivity index (χ1) is 10.2. The Labute approximate surface area is 128 Å². The molecule has 0 amide bonds. The highest BCUT2D eigenvalue weighted by atomic mass is 79.9. The molecule has 0 saturated heterocycles. The Kier molecular flexibility index (Phi) is 3.54. The van der Waals surface area contributed by atoms with Gasteiger partial charge in [0.25, 0.3) is 0 Å². The molecule has 0 spiro atoms. The van der Waals surface area contributed by atoms with Gasteiger partial charge in [0.05, 0.1) is 6.42 Å². The minimum atomic E-state index is 0.262. The lowest BCUT2D eigenvalue weighted by Gasteiger charge is -1.96. The second-order valence-corrected chi connectivity index (χ2v) is 5.19. The maximum absolute atomic E-state index is 9.06. The maximum atomic E-state index is 9.06. The summed E-state index contributed by atoms with van der Waals surface area (Å²) in [6.45, 7) is 1.69. The lowest BCUT2D eigenvalue weighted by Crippen LogP contribution is -1.92. The highest BCUT2D eigenvalue weighted by molar-refractivity contribution is 9.10. The first kappa shape index (κ1) is 13.5. The van der Waals surface area contributed by atoms with Crippen LogP contribution < -0.4 is 0 Å². The first-order valence-corrected chi connectivity index (χ1v) is 6.91. The zero-order valence-corrected chi connectivity index (χ0v) is 12.6. The molecule has 0 aliphatic carbocycles. The van der Waals surface area contributed by atoms with Gasteiger partial charge in [-0.2, -0.15) is 10.2 Å². The molecule has 0 atom stereocenters. The Hall–Kier alpha value is -2.46. The van der Waals surface area contributed by atoms with E-state index in [0.29, 0.717) is 28.7 Å². The van der Waals surface area contributed by atoms with Crippen LogP contribution in [0.25, 0.3) is 11.4 Å². The van der Waals surface area contributed by atoms with E-state index in [4.69, 9.17) is 14.3 Å². The topological polar surface area (TPSA) is 88.7 Å². The van der Waals surface area contributed by atoms with Crippen LogP contribution in [0.5, 0.6) is 0 Å². The van der Waals surface area contributed by atoms with Crippen molar-refractivity contribution >= 4 is 15.9 Å². The molecule has 0 N–H and O–H groups in total. The second kappa shape index (κ2) is 5.50. The normalized spacial score (nSPS) is 10.5. The molecule has 0 bridgehead atoms. The number of benzene rings is 1. The summed E-state index contributed by atoms with van der Waals surface area (Å²) in [5.74, 6) is 1.35. The summed E-state index contributed by atoms with van der Waals surface area (Å²) in [6, 6.07) is 9.65. The third-order valence-corrected chi connectivity index (χ3v) is 3.64. The fourth-order valence-corrected chi connectivity index (χ4v) is 2.37. The van der Waals surface area contributed by atoms with E-state index in [-0.39, 0.29) is 6.42 Å². The molecule has 2 heterocycles. The summed E-state index contributed by atoms with van der Waals surface area (Å²) < 4.78 is 11.1. The lowest BCUT2D eigenvalue weighted by molar-refractivity contribution is 0.371. The van der Waals surface area contributed by atoms with E-state index in [9.17, 15) is 0 Å². The van der Waals surface area contributed by atoms with Crippen molar-refractivity contribution in [3.05, 3.63) is 51.6 Å². The van der Waals surface area contributed by atoms with Gasteiger partial charge in [-0.05, 0) is 19.1 Å². The van der Waals surface area contributed by atoms with Crippen molar-refractivity contribution in [1.82, 2.24) is 15.3 Å². The Bertz CT molecular complexity index is 832. The minimum Gasteiger partial charge on any atom is -0.360 e. The highest BCUT2D eigenvalue weighted by Crippen LogP contribution is 2.26. The number of aromatic nitrogens is 3. The standard InChI is InChI=1S/C14H9BrN4O2/c1-8-10(7-16)12(18-20-8)6-13-17-14(19-21-13)9-4-2-3-5-11(9)15/h2-5H,6H2,1H3. The van der Waals surface area contributed by atoms with Crippen LogP contribution in [0, 0.1) is 18.3 Å². The van der Waals surface area contributed by atoms with Gasteiger partial charge in [0.2, 0.25) is 11.7 Å². The third-order valence-electron chi connectivity index (χ3n) is 2.95. The Morgan fingerprint density at radius 1 is 1.24 bits per heavy atom. The summed E-state index contributed by atoms with van der Waals surface area (Å²) in [7, 11) is 0. The molecule has 0 aliphatic heterocycles. The molecular weight excluding hydrogens is 336 g/mol. The zero-order valence-electron chi connectivity index (χ0n) is 11.0. The van der Waals surface area contributed by atoms with E-state index in [1.165, 1.54) is 0 Å². The number of aryl methyl sites for hydroxylation is 1. The molecule has 0 aliphatic rings. The molecule has 7 heteroatoms. The SMILES string of the molecule is Cc1onc(Cc2nc(-c3ccccc3Br)no2)c1C#N. The van der Waals surface area contributed by atoms with Gasteiger partial charge in [0, 0.05) is 10.0 Å². The number of hydrogen-bond acceptors (Lipinski definition) is 6. The van der Waals surface area contributed by atoms with E-state index in [0.717, 1.165) is 10.0 Å². The largest absolute Gasteiger partial charge is 0.360 e. The van der Waals surface area contributed by atoms with Gasteiger partial charge in [0.1, 0.15) is 17.3 Å². The summed E-state index contributed by atoms with van der Waals surface area (Å²) in [5, 5.41) is 16.9. The van der Waals surface area contributed by atoms with Crippen LogP contribution in [0.1, 0.15) is 22.9 Å². The number of hydrogen-bond donors (Lipinski definition) is 0. The molecule has 104 valence electrons. The van der Waals surface area contributed by atoms with E-state index in [1.807, 2.05) is 24.3 Å². The summed E-state index contributed by atoms with van der Waals surface area (Å²) in [4.78, 5) is 4.32. The van der Waals surface area contributed by atoms with Crippen molar-refractivity contribution < 1.29 is 9.05 Å². The molecule has 3 aromatic rings. The van der Waals surface area contributed by atoms with Crippen LogP contribution in [0.3, 0.4) is 0 Å². The predicted octanol–water partition coefficient (Wildman–Crippen LogP) is 3.26. The van der Waals surface area contributed by atoms with Gasteiger partial charge in [-0.1, -0.05) is 38.4 Å². The molecule has 0 fully saturated rings. The third kappa shape index (κ3) is 2.58. The molecule has 3 rings (SSSR count). The Morgan fingerprint density at radius 2 is 2.05 bits per heavy atom. The van der Waals surface area contributed by atoms with Crippen molar-refractivity contribution in [3.63, 3.8) is 0 Å². The van der Waals surface area contributed by atoms with Gasteiger partial charge < -0.3 is 9.05 Å². The van der Waals surface area contributed by atoms with Gasteiger partial charge in [-0.15, -0.1) is 0 Å². The van der Waals surface area contributed by atoms with Crippen LogP contribution >= 0.6 is 15.9 Å². The average molecular weight is 345 g/mol. The van der Waals surface area contributed by atoms with E-state index in [1.54, 1.807) is 6.92 Å². The fourth-order valence-electron chi connectivity index (χ4n) is 1.90. The quantitative estimate of drug-likeness (QED) is 0.724. The first-order valence-electron chi connectivity index (χ1n) is 6.11. The fraction of sp³-hybridized carbons (Fsp3) is 0.143. The predicted molar refractivity (Wildman–Crippen MR) is 76.2 cm³/mol. The van der Waals surface area contributed by atoms with Gasteiger partial charge in [0.15, 0.2) is 5.76 Å². The molecule has 2 aromatic heterocycles. The van der Waals surface area contributed by atoms with E-state index >= 15 is 0 Å². The van der Waals surface area contributed by atoms with E-state index < -0.39 is 0 Å². The van der Waals surface area contributed by atoms with E-state index in [2.05, 4.69) is 37.3 Å². The minimum absolute atomic E-state index is 0.262. The Balaban J connectivity index is 1.89. The lowest BCUT2D eigenvalue weighted by atomic mass is 10.1. The zero-order chi connectivity index (χ0) is 14.8. The smallest absolute Gasteiger partial charge is 0.233 e. The highest BCUT2D eigenvalue weighted by Gasteiger charge is 2.17. The van der Waals surface area contributed by atoms with Crippen molar-refractivity contribution in [2.75, 3.05) is 0 Å². The molecule has 0 unspecified atom stereocenters. The maximum Gasteiger partial charge on any atom is 0.233 e. The van der Waals surface area contributed by atoms with Crippen LogP contribution in [0.15, 0.2) is 37.8 Å². The second-order valence-electron chi connectivity index (χ2n) is 4.34. The molecule has 21 heavy (non-hydrogen) atoms. The Morgan fingerprint density at radius 3 is 2.81 bits per heavy atom.